The van der Waals surface area contributed by atoms with Gasteiger partial charge in [-0.25, -0.2) is 4.79 Å². The third kappa shape index (κ3) is 3.67. The highest BCUT2D eigenvalue weighted by Crippen LogP contribution is 2.33. The average molecular weight is 349 g/mol. The van der Waals surface area contributed by atoms with Gasteiger partial charge in [0, 0.05) is 6.04 Å². The molecular weight excluding hydrogens is 318 g/mol. The summed E-state index contributed by atoms with van der Waals surface area (Å²) in [6.07, 6.45) is 8.76. The van der Waals surface area contributed by atoms with Crippen LogP contribution in [0.5, 0.6) is 0 Å². The number of carbonyl (C=O) groups excluding carboxylic acids is 3. The van der Waals surface area contributed by atoms with Gasteiger partial charge in [0.2, 0.25) is 5.91 Å². The Hall–Kier alpha value is -1.59. The van der Waals surface area contributed by atoms with Crippen molar-refractivity contribution in [3.63, 3.8) is 0 Å². The number of hydrogen-bond acceptors (Lipinski definition) is 3. The monoisotopic (exact) mass is 349 g/mol. The van der Waals surface area contributed by atoms with Gasteiger partial charge in [0.05, 0.1) is 0 Å². The molecule has 6 nitrogen and oxygen atoms in total. The lowest BCUT2D eigenvalue weighted by Crippen LogP contribution is -2.49. The number of imide groups is 1. The van der Waals surface area contributed by atoms with Crippen molar-refractivity contribution in [2.24, 2.45) is 11.8 Å². The number of urea groups is 1. The van der Waals surface area contributed by atoms with Crippen LogP contribution in [0.4, 0.5) is 4.79 Å². The molecule has 25 heavy (non-hydrogen) atoms. The molecule has 1 spiro atoms. The van der Waals surface area contributed by atoms with Gasteiger partial charge in [0.25, 0.3) is 5.91 Å². The molecule has 6 heteroatoms. The first-order chi connectivity index (χ1) is 11.9. The Bertz CT molecular complexity index is 540. The van der Waals surface area contributed by atoms with E-state index in [9.17, 15) is 14.4 Å². The summed E-state index contributed by atoms with van der Waals surface area (Å²) >= 11 is 0. The van der Waals surface area contributed by atoms with Crippen molar-refractivity contribution in [2.45, 2.75) is 83.2 Å². The summed E-state index contributed by atoms with van der Waals surface area (Å²) in [5.41, 5.74) is -0.763. The summed E-state index contributed by atoms with van der Waals surface area (Å²) in [5.74, 6) is 0.582. The molecule has 0 unspecified atom stereocenters. The summed E-state index contributed by atoms with van der Waals surface area (Å²) in [6, 6.07) is -0.268. The topological polar surface area (TPSA) is 78.5 Å². The summed E-state index contributed by atoms with van der Waals surface area (Å²) < 4.78 is 0. The maximum Gasteiger partial charge on any atom is 0.325 e. The zero-order valence-electron chi connectivity index (χ0n) is 15.5. The average Bonchev–Trinajstić information content (AvgIpc) is 2.74. The number of nitrogens with one attached hydrogen (secondary N) is 2. The van der Waals surface area contributed by atoms with Gasteiger partial charge >= 0.3 is 6.03 Å². The van der Waals surface area contributed by atoms with Gasteiger partial charge in [0.1, 0.15) is 12.1 Å². The fourth-order valence-electron chi connectivity index (χ4n) is 4.67. The molecule has 0 aromatic heterocycles. The molecule has 3 atom stereocenters. The lowest BCUT2D eigenvalue weighted by molar-refractivity contribution is -0.135. The molecule has 4 amide bonds. The van der Waals surface area contributed by atoms with E-state index in [1.165, 1.54) is 6.42 Å². The zero-order valence-corrected chi connectivity index (χ0v) is 15.5. The Labute approximate surface area is 150 Å². The maximum absolute atomic E-state index is 12.9. The van der Waals surface area contributed by atoms with Crippen molar-refractivity contribution in [1.82, 2.24) is 15.5 Å². The van der Waals surface area contributed by atoms with Gasteiger partial charge in [-0.3, -0.25) is 14.5 Å². The third-order valence-electron chi connectivity index (χ3n) is 6.56. The highest BCUT2D eigenvalue weighted by molar-refractivity contribution is 6.09. The van der Waals surface area contributed by atoms with E-state index in [-0.39, 0.29) is 24.4 Å². The standard InChI is InChI=1S/C19H31N3O3/c1-13-8-7-9-15(14(13)2)20-16(23)12-22-17(24)19(21-18(22)25)10-5-3-4-6-11-19/h13-15H,3-12H2,1-2H3,(H,20,23)(H,21,25)/t13-,14-,15-/m1/s1. The molecule has 0 aromatic carbocycles. The van der Waals surface area contributed by atoms with Crippen LogP contribution in [-0.4, -0.2) is 40.9 Å². The molecule has 140 valence electrons. The van der Waals surface area contributed by atoms with Gasteiger partial charge in [-0.15, -0.1) is 0 Å². The molecule has 3 fully saturated rings. The quantitative estimate of drug-likeness (QED) is 0.769. The van der Waals surface area contributed by atoms with Crippen molar-refractivity contribution in [3.8, 4) is 0 Å². The van der Waals surface area contributed by atoms with Crippen LogP contribution in [0, 0.1) is 11.8 Å². The molecular formula is C19H31N3O3. The Morgan fingerprint density at radius 2 is 1.80 bits per heavy atom. The minimum Gasteiger partial charge on any atom is -0.352 e. The van der Waals surface area contributed by atoms with Gasteiger partial charge in [0.15, 0.2) is 0 Å². The second kappa shape index (κ2) is 7.34. The minimum absolute atomic E-state index is 0.142. The molecule has 2 aliphatic carbocycles. The van der Waals surface area contributed by atoms with E-state index < -0.39 is 11.6 Å². The maximum atomic E-state index is 12.9. The van der Waals surface area contributed by atoms with Gasteiger partial charge in [-0.2, -0.15) is 0 Å². The Morgan fingerprint density at radius 1 is 1.12 bits per heavy atom. The second-order valence-corrected chi connectivity index (χ2v) is 8.26. The molecule has 1 aliphatic heterocycles. The van der Waals surface area contributed by atoms with Crippen LogP contribution in [0.2, 0.25) is 0 Å². The SMILES string of the molecule is C[C@@H]1[C@H](C)CCC[C@H]1NC(=O)CN1C(=O)NC2(CCCCCC2)C1=O. The number of hydrogen-bond donors (Lipinski definition) is 2. The summed E-state index contributed by atoms with van der Waals surface area (Å²) in [4.78, 5) is 38.8. The largest absolute Gasteiger partial charge is 0.352 e. The van der Waals surface area contributed by atoms with Crippen molar-refractivity contribution in [2.75, 3.05) is 6.54 Å². The van der Waals surface area contributed by atoms with Gasteiger partial charge in [-0.05, 0) is 31.1 Å². The van der Waals surface area contributed by atoms with Crippen molar-refractivity contribution in [3.05, 3.63) is 0 Å². The first-order valence-corrected chi connectivity index (χ1v) is 9.86. The van der Waals surface area contributed by atoms with E-state index in [0.717, 1.165) is 43.4 Å². The van der Waals surface area contributed by atoms with Crippen LogP contribution in [-0.2, 0) is 9.59 Å². The van der Waals surface area contributed by atoms with Crippen molar-refractivity contribution in [1.29, 1.82) is 0 Å². The molecule has 3 aliphatic rings. The molecule has 0 aromatic rings. The fraction of sp³-hybridized carbons (Fsp3) is 0.842. The Kier molecular flexibility index (Phi) is 5.35. The first-order valence-electron chi connectivity index (χ1n) is 9.86. The van der Waals surface area contributed by atoms with Crippen LogP contribution in [0.3, 0.4) is 0 Å². The van der Waals surface area contributed by atoms with Crippen LogP contribution in [0.15, 0.2) is 0 Å². The van der Waals surface area contributed by atoms with Crippen LogP contribution >= 0.6 is 0 Å². The Balaban J connectivity index is 1.61. The molecule has 1 saturated heterocycles. The predicted molar refractivity (Wildman–Crippen MR) is 94.8 cm³/mol. The summed E-state index contributed by atoms with van der Waals surface area (Å²) in [7, 11) is 0. The highest BCUT2D eigenvalue weighted by atomic mass is 16.2. The molecule has 2 saturated carbocycles. The van der Waals surface area contributed by atoms with E-state index >= 15 is 0 Å². The lowest BCUT2D eigenvalue weighted by atomic mass is 9.78. The number of carbonyl (C=O) groups is 3. The highest BCUT2D eigenvalue weighted by Gasteiger charge is 2.51. The van der Waals surface area contributed by atoms with Crippen molar-refractivity contribution < 1.29 is 14.4 Å². The van der Waals surface area contributed by atoms with E-state index in [2.05, 4.69) is 24.5 Å². The Morgan fingerprint density at radius 3 is 2.48 bits per heavy atom. The molecule has 1 heterocycles. The predicted octanol–water partition coefficient (Wildman–Crippen LogP) is 2.57. The van der Waals surface area contributed by atoms with Crippen LogP contribution in [0.1, 0.15) is 71.6 Å². The molecule has 0 radical (unpaired) electrons. The van der Waals surface area contributed by atoms with Crippen LogP contribution in [0.25, 0.3) is 0 Å². The molecule has 0 bridgehead atoms. The summed E-state index contributed by atoms with van der Waals surface area (Å²) in [6.45, 7) is 4.23. The normalized spacial score (nSPS) is 32.4. The number of rotatable bonds is 3. The molecule has 3 rings (SSSR count). The van der Waals surface area contributed by atoms with E-state index in [0.29, 0.717) is 24.7 Å². The number of nitrogens with zero attached hydrogens (tertiary/aromatic N) is 1. The molecule has 2 N–H and O–H groups in total. The van der Waals surface area contributed by atoms with Gasteiger partial charge in [-0.1, -0.05) is 52.4 Å². The fourth-order valence-corrected chi connectivity index (χ4v) is 4.67. The summed E-state index contributed by atoms with van der Waals surface area (Å²) in [5, 5.41) is 5.95. The smallest absolute Gasteiger partial charge is 0.325 e. The van der Waals surface area contributed by atoms with Crippen molar-refractivity contribution >= 4 is 17.8 Å². The third-order valence-corrected chi connectivity index (χ3v) is 6.56. The number of amides is 4. The second-order valence-electron chi connectivity index (χ2n) is 8.26. The minimum atomic E-state index is -0.763. The van der Waals surface area contributed by atoms with E-state index in [4.69, 9.17) is 0 Å². The first kappa shape index (κ1) is 18.2. The zero-order chi connectivity index (χ0) is 18.0. The lowest BCUT2D eigenvalue weighted by Gasteiger charge is -2.34. The van der Waals surface area contributed by atoms with E-state index in [1.54, 1.807) is 0 Å². The van der Waals surface area contributed by atoms with Crippen LogP contribution < -0.4 is 10.6 Å². The van der Waals surface area contributed by atoms with E-state index in [1.807, 2.05) is 0 Å². The van der Waals surface area contributed by atoms with Gasteiger partial charge < -0.3 is 10.6 Å².